The molecular weight excluding hydrogens is 324 g/mol. The number of hydrogen-bond acceptors (Lipinski definition) is 3. The van der Waals surface area contributed by atoms with Crippen molar-refractivity contribution in [2.75, 3.05) is 13.1 Å². The molecule has 5 nitrogen and oxygen atoms in total. The number of sulfonamides is 1. The Kier molecular flexibility index (Phi) is 4.97. The molecule has 1 aliphatic heterocycles. The maximum atomic E-state index is 12.9. The van der Waals surface area contributed by atoms with Crippen molar-refractivity contribution in [2.45, 2.75) is 23.8 Å². The van der Waals surface area contributed by atoms with Gasteiger partial charge in [0.2, 0.25) is 15.9 Å². The highest BCUT2D eigenvalue weighted by Crippen LogP contribution is 2.22. The summed E-state index contributed by atoms with van der Waals surface area (Å²) >= 11 is 0. The van der Waals surface area contributed by atoms with Crippen LogP contribution in [0.4, 0.5) is 0 Å². The molecule has 1 saturated heterocycles. The standard InChI is InChI=1S/C18H20N2O3S/c21-18(20-13-7-8-14-20)17(15-9-3-1-4-10-15)19-24(22,23)16-11-5-2-6-12-16/h1-6,9-12,17,19H,7-8,13-14H2/t17-/m1/s1. The van der Waals surface area contributed by atoms with Crippen LogP contribution in [0.2, 0.25) is 0 Å². The molecule has 1 aliphatic rings. The van der Waals surface area contributed by atoms with E-state index in [1.807, 2.05) is 6.07 Å². The third kappa shape index (κ3) is 3.66. The fourth-order valence-electron chi connectivity index (χ4n) is 2.85. The van der Waals surface area contributed by atoms with Gasteiger partial charge in [-0.1, -0.05) is 48.5 Å². The van der Waals surface area contributed by atoms with Gasteiger partial charge in [0, 0.05) is 13.1 Å². The number of hydrogen-bond donors (Lipinski definition) is 1. The van der Waals surface area contributed by atoms with Gasteiger partial charge in [-0.3, -0.25) is 4.79 Å². The Bertz CT molecular complexity index is 786. The first kappa shape index (κ1) is 16.7. The SMILES string of the molecule is O=C([C@H](NS(=O)(=O)c1ccccc1)c1ccccc1)N1CCCC1. The molecular formula is C18H20N2O3S. The second-order valence-corrected chi connectivity index (χ2v) is 7.52. The van der Waals surface area contributed by atoms with E-state index in [1.165, 1.54) is 12.1 Å². The van der Waals surface area contributed by atoms with E-state index in [-0.39, 0.29) is 10.8 Å². The van der Waals surface area contributed by atoms with Crippen molar-refractivity contribution in [3.8, 4) is 0 Å². The van der Waals surface area contributed by atoms with E-state index in [4.69, 9.17) is 0 Å². The summed E-state index contributed by atoms with van der Waals surface area (Å²) in [6.45, 7) is 1.35. The van der Waals surface area contributed by atoms with E-state index in [9.17, 15) is 13.2 Å². The summed E-state index contributed by atoms with van der Waals surface area (Å²) < 4.78 is 27.9. The molecule has 0 radical (unpaired) electrons. The molecule has 1 N–H and O–H groups in total. The zero-order chi connectivity index (χ0) is 17.0. The first-order valence-corrected chi connectivity index (χ1v) is 9.47. The van der Waals surface area contributed by atoms with E-state index in [0.717, 1.165) is 12.8 Å². The van der Waals surface area contributed by atoms with Crippen LogP contribution in [-0.4, -0.2) is 32.3 Å². The number of rotatable bonds is 5. The Morgan fingerprint density at radius 2 is 1.46 bits per heavy atom. The third-order valence-corrected chi connectivity index (χ3v) is 5.56. The van der Waals surface area contributed by atoms with Gasteiger partial charge in [0.25, 0.3) is 0 Å². The molecule has 0 aromatic heterocycles. The van der Waals surface area contributed by atoms with Crippen LogP contribution in [0, 0.1) is 0 Å². The second-order valence-electron chi connectivity index (χ2n) is 5.81. The van der Waals surface area contributed by atoms with Crippen LogP contribution in [0.1, 0.15) is 24.4 Å². The fourth-order valence-corrected chi connectivity index (χ4v) is 4.05. The summed E-state index contributed by atoms with van der Waals surface area (Å²) in [6.07, 6.45) is 1.91. The molecule has 0 unspecified atom stereocenters. The number of nitrogens with zero attached hydrogens (tertiary/aromatic N) is 1. The number of likely N-dealkylation sites (tertiary alicyclic amines) is 1. The van der Waals surface area contributed by atoms with Crippen molar-refractivity contribution in [3.05, 3.63) is 66.2 Å². The van der Waals surface area contributed by atoms with Crippen LogP contribution in [0.3, 0.4) is 0 Å². The normalized spacial score (nSPS) is 16.1. The number of carbonyl (C=O) groups is 1. The molecule has 3 rings (SSSR count). The minimum absolute atomic E-state index is 0.153. The Labute approximate surface area is 142 Å². The summed E-state index contributed by atoms with van der Waals surface area (Å²) in [4.78, 5) is 14.7. The zero-order valence-corrected chi connectivity index (χ0v) is 14.1. The van der Waals surface area contributed by atoms with E-state index in [0.29, 0.717) is 18.7 Å². The Morgan fingerprint density at radius 3 is 2.04 bits per heavy atom. The first-order chi connectivity index (χ1) is 11.6. The molecule has 1 atom stereocenters. The Morgan fingerprint density at radius 1 is 0.917 bits per heavy atom. The van der Waals surface area contributed by atoms with E-state index in [1.54, 1.807) is 47.4 Å². The number of amides is 1. The Hall–Kier alpha value is -2.18. The highest BCUT2D eigenvalue weighted by molar-refractivity contribution is 7.89. The molecule has 0 aliphatic carbocycles. The third-order valence-electron chi connectivity index (χ3n) is 4.12. The van der Waals surface area contributed by atoms with E-state index in [2.05, 4.69) is 4.72 Å². The van der Waals surface area contributed by atoms with Crippen molar-refractivity contribution >= 4 is 15.9 Å². The van der Waals surface area contributed by atoms with Crippen LogP contribution in [0.5, 0.6) is 0 Å². The minimum atomic E-state index is -3.78. The summed E-state index contributed by atoms with van der Waals surface area (Å²) in [5.41, 5.74) is 0.647. The molecule has 24 heavy (non-hydrogen) atoms. The van der Waals surface area contributed by atoms with Gasteiger partial charge in [-0.2, -0.15) is 4.72 Å². The highest BCUT2D eigenvalue weighted by atomic mass is 32.2. The Balaban J connectivity index is 1.92. The predicted octanol–water partition coefficient (Wildman–Crippen LogP) is 2.33. The van der Waals surface area contributed by atoms with Crippen LogP contribution in [-0.2, 0) is 14.8 Å². The topological polar surface area (TPSA) is 66.5 Å². The number of nitrogens with one attached hydrogen (secondary N) is 1. The maximum absolute atomic E-state index is 12.9. The van der Waals surface area contributed by atoms with Gasteiger partial charge < -0.3 is 4.90 Å². The fraction of sp³-hybridized carbons (Fsp3) is 0.278. The van der Waals surface area contributed by atoms with Crippen LogP contribution < -0.4 is 4.72 Å². The lowest BCUT2D eigenvalue weighted by Crippen LogP contribution is -2.41. The van der Waals surface area contributed by atoms with Crippen LogP contribution >= 0.6 is 0 Å². The monoisotopic (exact) mass is 344 g/mol. The van der Waals surface area contributed by atoms with Crippen molar-refractivity contribution in [1.29, 1.82) is 0 Å². The van der Waals surface area contributed by atoms with Gasteiger partial charge in [-0.25, -0.2) is 8.42 Å². The second kappa shape index (κ2) is 7.15. The lowest BCUT2D eigenvalue weighted by Gasteiger charge is -2.24. The molecule has 2 aromatic rings. The van der Waals surface area contributed by atoms with Crippen LogP contribution in [0.15, 0.2) is 65.6 Å². The van der Waals surface area contributed by atoms with Gasteiger partial charge in [0.15, 0.2) is 0 Å². The molecule has 2 aromatic carbocycles. The summed E-state index contributed by atoms with van der Waals surface area (Å²) in [5.74, 6) is -0.196. The van der Waals surface area contributed by atoms with E-state index >= 15 is 0 Å². The molecule has 126 valence electrons. The quantitative estimate of drug-likeness (QED) is 0.905. The van der Waals surface area contributed by atoms with E-state index < -0.39 is 16.1 Å². The molecule has 1 heterocycles. The summed E-state index contributed by atoms with van der Waals surface area (Å²) in [7, 11) is -3.78. The lowest BCUT2D eigenvalue weighted by atomic mass is 10.1. The van der Waals surface area contributed by atoms with Gasteiger partial charge in [-0.05, 0) is 30.5 Å². The van der Waals surface area contributed by atoms with Crippen LogP contribution in [0.25, 0.3) is 0 Å². The summed E-state index contributed by atoms with van der Waals surface area (Å²) in [6, 6.07) is 16.2. The smallest absolute Gasteiger partial charge is 0.245 e. The zero-order valence-electron chi connectivity index (χ0n) is 13.3. The molecule has 6 heteroatoms. The predicted molar refractivity (Wildman–Crippen MR) is 91.8 cm³/mol. The number of benzene rings is 2. The van der Waals surface area contributed by atoms with Gasteiger partial charge in [0.05, 0.1) is 4.90 Å². The average Bonchev–Trinajstić information content (AvgIpc) is 3.15. The first-order valence-electron chi connectivity index (χ1n) is 7.99. The molecule has 0 spiro atoms. The molecule has 0 saturated carbocycles. The van der Waals surface area contributed by atoms with Gasteiger partial charge in [0.1, 0.15) is 6.04 Å². The van der Waals surface area contributed by atoms with Crippen molar-refractivity contribution in [1.82, 2.24) is 9.62 Å². The average molecular weight is 344 g/mol. The number of carbonyl (C=O) groups excluding carboxylic acids is 1. The highest BCUT2D eigenvalue weighted by Gasteiger charge is 2.31. The summed E-state index contributed by atoms with van der Waals surface area (Å²) in [5, 5.41) is 0. The molecule has 1 amide bonds. The minimum Gasteiger partial charge on any atom is -0.341 e. The van der Waals surface area contributed by atoms with Crippen molar-refractivity contribution in [3.63, 3.8) is 0 Å². The maximum Gasteiger partial charge on any atom is 0.245 e. The largest absolute Gasteiger partial charge is 0.341 e. The lowest BCUT2D eigenvalue weighted by molar-refractivity contribution is -0.132. The molecule has 0 bridgehead atoms. The van der Waals surface area contributed by atoms with Gasteiger partial charge >= 0.3 is 0 Å². The van der Waals surface area contributed by atoms with Crippen molar-refractivity contribution < 1.29 is 13.2 Å². The van der Waals surface area contributed by atoms with Crippen molar-refractivity contribution in [2.24, 2.45) is 0 Å². The molecule has 1 fully saturated rings. The van der Waals surface area contributed by atoms with Gasteiger partial charge in [-0.15, -0.1) is 0 Å².